The maximum atomic E-state index is 13.4. The highest BCUT2D eigenvalue weighted by atomic mass is 35.5. The van der Waals surface area contributed by atoms with E-state index in [1.165, 1.54) is 11.3 Å². The number of thiophene rings is 2. The van der Waals surface area contributed by atoms with Gasteiger partial charge in [0, 0.05) is 21.0 Å². The van der Waals surface area contributed by atoms with Gasteiger partial charge in [-0.05, 0) is 36.4 Å². The van der Waals surface area contributed by atoms with Gasteiger partial charge in [-0.25, -0.2) is 8.42 Å². The highest BCUT2D eigenvalue weighted by Crippen LogP contribution is 2.37. The van der Waals surface area contributed by atoms with Crippen LogP contribution in [0.25, 0.3) is 10.1 Å². The third kappa shape index (κ3) is 3.78. The lowest BCUT2D eigenvalue weighted by Gasteiger charge is -2.27. The van der Waals surface area contributed by atoms with Gasteiger partial charge in [-0.3, -0.25) is 4.79 Å². The highest BCUT2D eigenvalue weighted by Gasteiger charge is 2.36. The number of rotatable bonds is 4. The van der Waals surface area contributed by atoms with Crippen molar-refractivity contribution in [1.29, 1.82) is 0 Å². The van der Waals surface area contributed by atoms with E-state index in [0.717, 1.165) is 20.5 Å². The van der Waals surface area contributed by atoms with E-state index in [1.807, 2.05) is 42.6 Å². The molecule has 1 aromatic carbocycles. The average molecular weight is 440 g/mol. The van der Waals surface area contributed by atoms with Crippen LogP contribution in [0.4, 0.5) is 0 Å². The lowest BCUT2D eigenvalue weighted by atomic mass is 10.1. The first-order valence-electron chi connectivity index (χ1n) is 8.56. The molecular weight excluding hydrogens is 422 g/mol. The minimum absolute atomic E-state index is 0.0196. The summed E-state index contributed by atoms with van der Waals surface area (Å²) < 4.78 is 25.0. The van der Waals surface area contributed by atoms with E-state index in [4.69, 9.17) is 11.6 Å². The number of carbonyl (C=O) groups is 1. The zero-order chi connectivity index (χ0) is 19.2. The third-order valence-electron chi connectivity index (χ3n) is 4.80. The van der Waals surface area contributed by atoms with Gasteiger partial charge in [0.15, 0.2) is 9.84 Å². The van der Waals surface area contributed by atoms with Crippen molar-refractivity contribution in [2.75, 3.05) is 11.5 Å². The molecule has 0 unspecified atom stereocenters. The van der Waals surface area contributed by atoms with E-state index in [9.17, 15) is 13.2 Å². The van der Waals surface area contributed by atoms with E-state index in [-0.39, 0.29) is 23.5 Å². The molecule has 0 bridgehead atoms. The van der Waals surface area contributed by atoms with Gasteiger partial charge in [0.05, 0.1) is 23.1 Å². The van der Waals surface area contributed by atoms with Gasteiger partial charge in [0.2, 0.25) is 0 Å². The normalized spacial score (nSPS) is 18.8. The summed E-state index contributed by atoms with van der Waals surface area (Å²) in [5, 5.41) is 3.28. The minimum Gasteiger partial charge on any atom is -0.329 e. The quantitative estimate of drug-likeness (QED) is 0.589. The number of halogens is 1. The van der Waals surface area contributed by atoms with E-state index < -0.39 is 9.84 Å². The Labute approximate surface area is 171 Å². The van der Waals surface area contributed by atoms with Crippen LogP contribution in [-0.4, -0.2) is 36.8 Å². The molecule has 3 aromatic rings. The second-order valence-electron chi connectivity index (χ2n) is 6.81. The van der Waals surface area contributed by atoms with Crippen molar-refractivity contribution >= 4 is 60.1 Å². The fraction of sp³-hybridized carbons (Fsp3) is 0.316. The molecular formula is C19H18ClNO3S3. The maximum Gasteiger partial charge on any atom is 0.266 e. The molecule has 4 nitrogen and oxygen atoms in total. The molecule has 1 aliphatic heterocycles. The van der Waals surface area contributed by atoms with Crippen LogP contribution in [0.3, 0.4) is 0 Å². The predicted molar refractivity (Wildman–Crippen MR) is 113 cm³/mol. The van der Waals surface area contributed by atoms with Gasteiger partial charge < -0.3 is 4.90 Å². The molecule has 1 amide bonds. The Morgan fingerprint density at radius 2 is 2.15 bits per heavy atom. The topological polar surface area (TPSA) is 54.5 Å². The van der Waals surface area contributed by atoms with Crippen LogP contribution in [0.5, 0.6) is 0 Å². The molecule has 1 atom stereocenters. The van der Waals surface area contributed by atoms with Crippen LogP contribution in [0.1, 0.15) is 26.5 Å². The molecule has 1 fully saturated rings. The van der Waals surface area contributed by atoms with Crippen molar-refractivity contribution < 1.29 is 13.2 Å². The zero-order valence-electron chi connectivity index (χ0n) is 14.6. The highest BCUT2D eigenvalue weighted by molar-refractivity contribution is 7.91. The molecule has 142 valence electrons. The van der Waals surface area contributed by atoms with Gasteiger partial charge in [-0.15, -0.1) is 22.7 Å². The zero-order valence-corrected chi connectivity index (χ0v) is 17.8. The summed E-state index contributed by atoms with van der Waals surface area (Å²) in [5.74, 6) is -0.0360. The Hall–Kier alpha value is -1.41. The maximum absolute atomic E-state index is 13.4. The number of aryl methyl sites for hydroxylation is 1. The monoisotopic (exact) mass is 439 g/mol. The molecule has 27 heavy (non-hydrogen) atoms. The minimum atomic E-state index is -3.10. The summed E-state index contributed by atoms with van der Waals surface area (Å²) in [5.41, 5.74) is 1.11. The van der Waals surface area contributed by atoms with Crippen molar-refractivity contribution in [3.05, 3.63) is 56.1 Å². The van der Waals surface area contributed by atoms with Crippen LogP contribution in [-0.2, 0) is 16.4 Å². The molecule has 8 heteroatoms. The van der Waals surface area contributed by atoms with E-state index in [0.29, 0.717) is 22.9 Å². The summed E-state index contributed by atoms with van der Waals surface area (Å²) in [4.78, 5) is 16.6. The molecule has 0 N–H and O–H groups in total. The van der Waals surface area contributed by atoms with Gasteiger partial charge >= 0.3 is 0 Å². The first-order chi connectivity index (χ1) is 12.8. The number of hydrogen-bond acceptors (Lipinski definition) is 5. The van der Waals surface area contributed by atoms with Crippen LogP contribution in [0, 0.1) is 6.92 Å². The summed E-state index contributed by atoms with van der Waals surface area (Å²) in [6.07, 6.45) is 0.473. The molecule has 2 aromatic heterocycles. The number of benzene rings is 1. The fourth-order valence-electron chi connectivity index (χ4n) is 3.40. The van der Waals surface area contributed by atoms with Crippen molar-refractivity contribution in [1.82, 2.24) is 4.90 Å². The van der Waals surface area contributed by atoms with Crippen molar-refractivity contribution in [2.45, 2.75) is 25.9 Å². The van der Waals surface area contributed by atoms with Crippen LogP contribution >= 0.6 is 34.3 Å². The van der Waals surface area contributed by atoms with Crippen molar-refractivity contribution in [3.8, 4) is 0 Å². The average Bonchev–Trinajstić information content (AvgIpc) is 3.32. The first kappa shape index (κ1) is 18.9. The van der Waals surface area contributed by atoms with Gasteiger partial charge in [0.1, 0.15) is 4.88 Å². The van der Waals surface area contributed by atoms with Crippen LogP contribution in [0.2, 0.25) is 5.02 Å². The van der Waals surface area contributed by atoms with Gasteiger partial charge in [-0.1, -0.05) is 29.8 Å². The number of fused-ring (bicyclic) bond motifs is 1. The lowest BCUT2D eigenvalue weighted by Crippen LogP contribution is -2.40. The molecule has 1 aliphatic rings. The molecule has 1 saturated heterocycles. The number of hydrogen-bond donors (Lipinski definition) is 0. The molecule has 0 radical (unpaired) electrons. The summed E-state index contributed by atoms with van der Waals surface area (Å²) in [7, 11) is -3.10. The molecule has 4 rings (SSSR count). The van der Waals surface area contributed by atoms with Crippen molar-refractivity contribution in [2.24, 2.45) is 0 Å². The molecule has 3 heterocycles. The third-order valence-corrected chi connectivity index (χ3v) is 9.05. The second kappa shape index (κ2) is 7.20. The standard InChI is InChI=1S/C19H18ClNO3S3/c1-12-4-5-15-16(9-12)26-18(17(15)20)19(22)21(10-14-3-2-7-25-14)13-6-8-27(23,24)11-13/h2-5,7,9,13H,6,8,10-11H2,1H3/t13-/m0/s1. The largest absolute Gasteiger partial charge is 0.329 e. The van der Waals surface area contributed by atoms with Gasteiger partial charge in [-0.2, -0.15) is 0 Å². The van der Waals surface area contributed by atoms with Crippen LogP contribution < -0.4 is 0 Å². The second-order valence-corrected chi connectivity index (χ2v) is 11.5. The molecule has 0 saturated carbocycles. The number of sulfone groups is 1. The number of amides is 1. The van der Waals surface area contributed by atoms with E-state index in [2.05, 4.69) is 0 Å². The summed E-state index contributed by atoms with van der Waals surface area (Å²) in [6.45, 7) is 2.40. The Morgan fingerprint density at radius 3 is 2.81 bits per heavy atom. The molecule has 0 aliphatic carbocycles. The Morgan fingerprint density at radius 1 is 1.33 bits per heavy atom. The van der Waals surface area contributed by atoms with E-state index in [1.54, 1.807) is 16.2 Å². The lowest BCUT2D eigenvalue weighted by molar-refractivity contribution is 0.0688. The SMILES string of the molecule is Cc1ccc2c(Cl)c(C(=O)N(Cc3cccs3)[C@H]3CCS(=O)(=O)C3)sc2c1. The van der Waals surface area contributed by atoms with Crippen LogP contribution in [0.15, 0.2) is 35.7 Å². The van der Waals surface area contributed by atoms with E-state index >= 15 is 0 Å². The van der Waals surface area contributed by atoms with Gasteiger partial charge in [0.25, 0.3) is 5.91 Å². The van der Waals surface area contributed by atoms with Crippen molar-refractivity contribution in [3.63, 3.8) is 0 Å². The first-order valence-corrected chi connectivity index (χ1v) is 12.5. The summed E-state index contributed by atoms with van der Waals surface area (Å²) in [6, 6.07) is 9.51. The Bertz CT molecular complexity index is 1100. The number of carbonyl (C=O) groups excluding carboxylic acids is 1. The summed E-state index contributed by atoms with van der Waals surface area (Å²) >= 11 is 9.48. The fourth-order valence-corrected chi connectivity index (χ4v) is 7.40. The number of nitrogens with zero attached hydrogens (tertiary/aromatic N) is 1. The Balaban J connectivity index is 1.73. The smallest absolute Gasteiger partial charge is 0.266 e. The molecule has 0 spiro atoms. The Kier molecular flexibility index (Phi) is 5.05. The predicted octanol–water partition coefficient (Wildman–Crippen LogP) is 4.75.